The highest BCUT2D eigenvalue weighted by atomic mass is 16.5. The van der Waals surface area contributed by atoms with Gasteiger partial charge in [0.05, 0.1) is 19.8 Å². The summed E-state index contributed by atoms with van der Waals surface area (Å²) in [5.41, 5.74) is 0.680. The van der Waals surface area contributed by atoms with E-state index in [1.165, 1.54) is 0 Å². The molecule has 14 heavy (non-hydrogen) atoms. The molecule has 0 aliphatic carbocycles. The molecule has 0 aromatic rings. The van der Waals surface area contributed by atoms with Gasteiger partial charge in [0, 0.05) is 18.6 Å². The van der Waals surface area contributed by atoms with Crippen LogP contribution in [0.25, 0.3) is 0 Å². The zero-order chi connectivity index (χ0) is 10.8. The summed E-state index contributed by atoms with van der Waals surface area (Å²) in [6, 6.07) is 0. The minimum atomic E-state index is 0.120. The van der Waals surface area contributed by atoms with Crippen LogP contribution in [0.15, 0.2) is 0 Å². The summed E-state index contributed by atoms with van der Waals surface area (Å²) in [6.45, 7) is 12.6. The van der Waals surface area contributed by atoms with E-state index in [0.717, 1.165) is 19.7 Å². The molecule has 0 aromatic carbocycles. The van der Waals surface area contributed by atoms with Crippen LogP contribution in [0.4, 0.5) is 0 Å². The summed E-state index contributed by atoms with van der Waals surface area (Å²) >= 11 is 0. The first-order valence-electron chi connectivity index (χ1n) is 5.35. The molecule has 1 aliphatic rings. The summed E-state index contributed by atoms with van der Waals surface area (Å²) in [5, 5.41) is 8.55. The molecule has 0 unspecified atom stereocenters. The van der Waals surface area contributed by atoms with Gasteiger partial charge < -0.3 is 9.84 Å². The minimum Gasteiger partial charge on any atom is -0.394 e. The quantitative estimate of drug-likeness (QED) is 0.676. The molecule has 0 saturated carbocycles. The van der Waals surface area contributed by atoms with Crippen LogP contribution >= 0.6 is 0 Å². The monoisotopic (exact) mass is 201 g/mol. The molecule has 0 amide bonds. The van der Waals surface area contributed by atoms with E-state index in [4.69, 9.17) is 9.84 Å². The third-order valence-electron chi connectivity index (χ3n) is 3.77. The number of nitrogens with zero attached hydrogens (tertiary/aromatic N) is 1. The minimum absolute atomic E-state index is 0.120. The van der Waals surface area contributed by atoms with E-state index in [0.29, 0.717) is 12.0 Å². The van der Waals surface area contributed by atoms with Crippen LogP contribution in [0.5, 0.6) is 0 Å². The van der Waals surface area contributed by atoms with Crippen molar-refractivity contribution in [2.24, 2.45) is 5.41 Å². The molecule has 3 heteroatoms. The average Bonchev–Trinajstić information content (AvgIpc) is 2.10. The summed E-state index contributed by atoms with van der Waals surface area (Å²) < 4.78 is 5.26. The van der Waals surface area contributed by atoms with Crippen LogP contribution in [0.3, 0.4) is 0 Å². The Kier molecular flexibility index (Phi) is 3.56. The Morgan fingerprint density at radius 1 is 1.21 bits per heavy atom. The molecule has 1 heterocycles. The number of hydrogen-bond donors (Lipinski definition) is 1. The molecule has 0 aromatic heterocycles. The van der Waals surface area contributed by atoms with Gasteiger partial charge in [-0.25, -0.2) is 0 Å². The largest absolute Gasteiger partial charge is 0.394 e. The molecule has 0 atom stereocenters. The Bertz CT molecular complexity index is 190. The maximum atomic E-state index is 8.55. The maximum Gasteiger partial charge on any atom is 0.0698 e. The zero-order valence-corrected chi connectivity index (χ0v) is 9.84. The van der Waals surface area contributed by atoms with Crippen LogP contribution in [0, 0.1) is 5.41 Å². The van der Waals surface area contributed by atoms with E-state index in [1.807, 2.05) is 0 Å². The summed E-state index contributed by atoms with van der Waals surface area (Å²) in [6.07, 6.45) is 0. The van der Waals surface area contributed by atoms with Gasteiger partial charge in [-0.3, -0.25) is 4.90 Å². The molecule has 3 nitrogen and oxygen atoms in total. The SMILES string of the molecule is CC1(C)CN(CCOCCO)C1(C)C. The van der Waals surface area contributed by atoms with Gasteiger partial charge in [-0.05, 0) is 19.3 Å². The lowest BCUT2D eigenvalue weighted by Gasteiger charge is -2.61. The molecule has 1 rings (SSSR count). The van der Waals surface area contributed by atoms with E-state index in [9.17, 15) is 0 Å². The second-order valence-electron chi connectivity index (χ2n) is 5.20. The Morgan fingerprint density at radius 2 is 1.86 bits per heavy atom. The van der Waals surface area contributed by atoms with Crippen molar-refractivity contribution in [3.05, 3.63) is 0 Å². The van der Waals surface area contributed by atoms with Crippen molar-refractivity contribution in [1.82, 2.24) is 4.90 Å². The summed E-state index contributed by atoms with van der Waals surface area (Å²) in [4.78, 5) is 2.43. The number of ether oxygens (including phenoxy) is 1. The van der Waals surface area contributed by atoms with Crippen molar-refractivity contribution < 1.29 is 9.84 Å². The highest BCUT2D eigenvalue weighted by Gasteiger charge is 2.51. The highest BCUT2D eigenvalue weighted by Crippen LogP contribution is 2.45. The number of rotatable bonds is 5. The predicted octanol–water partition coefficient (Wildman–Crippen LogP) is 1.12. The van der Waals surface area contributed by atoms with Crippen molar-refractivity contribution in [2.45, 2.75) is 33.2 Å². The van der Waals surface area contributed by atoms with Crippen molar-refractivity contribution in [3.8, 4) is 0 Å². The fourth-order valence-electron chi connectivity index (χ4n) is 1.90. The van der Waals surface area contributed by atoms with Crippen molar-refractivity contribution in [2.75, 3.05) is 32.9 Å². The topological polar surface area (TPSA) is 32.7 Å². The van der Waals surface area contributed by atoms with Crippen LogP contribution in [-0.2, 0) is 4.74 Å². The first-order chi connectivity index (χ1) is 6.42. The van der Waals surface area contributed by atoms with Gasteiger partial charge in [0.1, 0.15) is 0 Å². The first kappa shape index (κ1) is 12.0. The third-order valence-corrected chi connectivity index (χ3v) is 3.77. The predicted molar refractivity (Wildman–Crippen MR) is 57.3 cm³/mol. The van der Waals surface area contributed by atoms with Gasteiger partial charge in [0.25, 0.3) is 0 Å². The van der Waals surface area contributed by atoms with Crippen molar-refractivity contribution in [1.29, 1.82) is 0 Å². The van der Waals surface area contributed by atoms with E-state index in [1.54, 1.807) is 0 Å². The van der Waals surface area contributed by atoms with Gasteiger partial charge in [-0.2, -0.15) is 0 Å². The fourth-order valence-corrected chi connectivity index (χ4v) is 1.90. The van der Waals surface area contributed by atoms with Gasteiger partial charge >= 0.3 is 0 Å². The molecule has 0 bridgehead atoms. The lowest BCUT2D eigenvalue weighted by molar-refractivity contribution is -0.125. The average molecular weight is 201 g/mol. The normalized spacial score (nSPS) is 24.6. The van der Waals surface area contributed by atoms with Crippen LogP contribution in [-0.4, -0.2) is 48.5 Å². The van der Waals surface area contributed by atoms with Gasteiger partial charge in [0.15, 0.2) is 0 Å². The third kappa shape index (κ3) is 2.10. The van der Waals surface area contributed by atoms with Crippen LogP contribution < -0.4 is 0 Å². The fraction of sp³-hybridized carbons (Fsp3) is 1.00. The second kappa shape index (κ2) is 4.17. The molecule has 1 fully saturated rings. The molecule has 1 saturated heterocycles. The van der Waals surface area contributed by atoms with Gasteiger partial charge in [-0.15, -0.1) is 0 Å². The molecular formula is C11H23NO2. The Balaban J connectivity index is 2.23. The lowest BCUT2D eigenvalue weighted by Crippen LogP contribution is -2.69. The van der Waals surface area contributed by atoms with Crippen LogP contribution in [0.1, 0.15) is 27.7 Å². The highest BCUT2D eigenvalue weighted by molar-refractivity contribution is 5.06. The smallest absolute Gasteiger partial charge is 0.0698 e. The summed E-state index contributed by atoms with van der Waals surface area (Å²) in [5.74, 6) is 0. The van der Waals surface area contributed by atoms with E-state index in [2.05, 4.69) is 32.6 Å². The van der Waals surface area contributed by atoms with Gasteiger partial charge in [0.2, 0.25) is 0 Å². The standard InChI is InChI=1S/C11H23NO2/c1-10(2)9-12(11(10,3)4)5-7-14-8-6-13/h13H,5-9H2,1-4H3. The summed E-state index contributed by atoms with van der Waals surface area (Å²) in [7, 11) is 0. The Labute approximate surface area is 87.1 Å². The molecule has 1 aliphatic heterocycles. The molecule has 84 valence electrons. The van der Waals surface area contributed by atoms with Crippen LogP contribution in [0.2, 0.25) is 0 Å². The lowest BCUT2D eigenvalue weighted by atomic mass is 9.65. The molecule has 0 radical (unpaired) electrons. The van der Waals surface area contributed by atoms with E-state index < -0.39 is 0 Å². The maximum absolute atomic E-state index is 8.55. The molecule has 0 spiro atoms. The second-order valence-corrected chi connectivity index (χ2v) is 5.20. The Morgan fingerprint density at radius 3 is 2.29 bits per heavy atom. The molecule has 1 N–H and O–H groups in total. The number of aliphatic hydroxyl groups excluding tert-OH is 1. The zero-order valence-electron chi connectivity index (χ0n) is 9.84. The first-order valence-corrected chi connectivity index (χ1v) is 5.35. The number of likely N-dealkylation sites (tertiary alicyclic amines) is 1. The van der Waals surface area contributed by atoms with Crippen molar-refractivity contribution >= 4 is 0 Å². The van der Waals surface area contributed by atoms with E-state index in [-0.39, 0.29) is 12.1 Å². The number of aliphatic hydroxyl groups is 1. The van der Waals surface area contributed by atoms with Crippen molar-refractivity contribution in [3.63, 3.8) is 0 Å². The Hall–Kier alpha value is -0.120. The number of hydrogen-bond acceptors (Lipinski definition) is 3. The van der Waals surface area contributed by atoms with E-state index >= 15 is 0 Å². The van der Waals surface area contributed by atoms with Gasteiger partial charge in [-0.1, -0.05) is 13.8 Å². The molecular weight excluding hydrogens is 178 g/mol.